The maximum Gasteiger partial charge on any atom is 0.225 e. The molecule has 33 heavy (non-hydrogen) atoms. The van der Waals surface area contributed by atoms with Crippen LogP contribution in [0.4, 0.5) is 11.8 Å². The lowest BCUT2D eigenvalue weighted by Crippen LogP contribution is -2.36. The second-order valence-corrected chi connectivity index (χ2v) is 10.4. The smallest absolute Gasteiger partial charge is 0.225 e. The maximum absolute atomic E-state index is 10.6. The van der Waals surface area contributed by atoms with E-state index in [1.807, 2.05) is 19.9 Å². The van der Waals surface area contributed by atoms with E-state index in [4.69, 9.17) is 15.0 Å². The van der Waals surface area contributed by atoms with Crippen molar-refractivity contribution >= 4 is 33.3 Å². The summed E-state index contributed by atoms with van der Waals surface area (Å²) in [6, 6.07) is 1.84. The van der Waals surface area contributed by atoms with E-state index >= 15 is 0 Å². The van der Waals surface area contributed by atoms with Gasteiger partial charge in [0.2, 0.25) is 5.95 Å². The number of aliphatic hydroxyl groups excluding tert-OH is 3. The summed E-state index contributed by atoms with van der Waals surface area (Å²) in [6.07, 6.45) is 2.64. The van der Waals surface area contributed by atoms with Gasteiger partial charge in [0, 0.05) is 24.3 Å². The van der Waals surface area contributed by atoms with Crippen LogP contribution < -0.4 is 10.6 Å². The van der Waals surface area contributed by atoms with Crippen LogP contribution >= 0.6 is 11.3 Å². The summed E-state index contributed by atoms with van der Waals surface area (Å²) in [6.45, 7) is 5.85. The SMILES string of the molecule is Cc1cc2sc(-c3c(C)nc(N[C@H](C)C4CC4)nc3NC3C[C@H](CO)[C@@H](O)[C@H]3O)nc2cn1. The van der Waals surface area contributed by atoms with E-state index in [-0.39, 0.29) is 18.6 Å². The molecule has 2 saturated carbocycles. The first-order valence-electron chi connectivity index (χ1n) is 11.5. The van der Waals surface area contributed by atoms with Crippen molar-refractivity contribution in [3.05, 3.63) is 23.7 Å². The Balaban J connectivity index is 1.54. The van der Waals surface area contributed by atoms with Crippen molar-refractivity contribution in [2.24, 2.45) is 11.8 Å². The van der Waals surface area contributed by atoms with Crippen LogP contribution in [0.3, 0.4) is 0 Å². The predicted molar refractivity (Wildman–Crippen MR) is 128 cm³/mol. The van der Waals surface area contributed by atoms with Gasteiger partial charge in [-0.2, -0.15) is 4.98 Å². The lowest BCUT2D eigenvalue weighted by Gasteiger charge is -2.22. The zero-order valence-electron chi connectivity index (χ0n) is 19.0. The van der Waals surface area contributed by atoms with Gasteiger partial charge in [-0.3, -0.25) is 4.98 Å². The zero-order chi connectivity index (χ0) is 23.3. The summed E-state index contributed by atoms with van der Waals surface area (Å²) in [4.78, 5) is 18.6. The molecule has 3 aromatic rings. The summed E-state index contributed by atoms with van der Waals surface area (Å²) < 4.78 is 1.03. The minimum atomic E-state index is -1.01. The van der Waals surface area contributed by atoms with Crippen LogP contribution in [0.15, 0.2) is 12.3 Å². The first-order chi connectivity index (χ1) is 15.8. The van der Waals surface area contributed by atoms with Crippen molar-refractivity contribution in [1.29, 1.82) is 0 Å². The Labute approximate surface area is 196 Å². The Kier molecular flexibility index (Phi) is 5.94. The average Bonchev–Trinajstić information content (AvgIpc) is 3.50. The second-order valence-electron chi connectivity index (χ2n) is 9.35. The third kappa shape index (κ3) is 4.40. The van der Waals surface area contributed by atoms with Crippen LogP contribution in [-0.2, 0) is 0 Å². The molecule has 2 aliphatic carbocycles. The fourth-order valence-corrected chi connectivity index (χ4v) is 5.71. The Bertz CT molecular complexity index is 1170. The number of hydrogen-bond donors (Lipinski definition) is 5. The molecule has 0 amide bonds. The number of thiazole rings is 1. The quantitative estimate of drug-likeness (QED) is 0.353. The van der Waals surface area contributed by atoms with E-state index in [9.17, 15) is 15.3 Å². The first kappa shape index (κ1) is 22.4. The third-order valence-electron chi connectivity index (χ3n) is 6.76. The molecule has 3 heterocycles. The molecule has 1 unspecified atom stereocenters. The number of aromatic nitrogens is 4. The lowest BCUT2D eigenvalue weighted by atomic mass is 10.1. The van der Waals surface area contributed by atoms with E-state index < -0.39 is 18.2 Å². The van der Waals surface area contributed by atoms with E-state index in [0.29, 0.717) is 24.1 Å². The number of nitrogens with zero attached hydrogens (tertiary/aromatic N) is 4. The summed E-state index contributed by atoms with van der Waals surface area (Å²) in [5.41, 5.74) is 3.28. The average molecular weight is 471 g/mol. The minimum absolute atomic E-state index is 0.179. The van der Waals surface area contributed by atoms with Crippen LogP contribution in [-0.4, -0.2) is 66.2 Å². The number of anilines is 2. The molecule has 5 rings (SSSR count). The molecule has 3 aromatic heterocycles. The molecule has 0 radical (unpaired) electrons. The molecule has 9 nitrogen and oxygen atoms in total. The largest absolute Gasteiger partial charge is 0.396 e. The number of aryl methyl sites for hydroxylation is 2. The highest BCUT2D eigenvalue weighted by molar-refractivity contribution is 7.21. The molecular weight excluding hydrogens is 440 g/mol. The highest BCUT2D eigenvalue weighted by atomic mass is 32.1. The van der Waals surface area contributed by atoms with Gasteiger partial charge in [-0.25, -0.2) is 9.97 Å². The molecule has 2 aliphatic rings. The van der Waals surface area contributed by atoms with Crippen molar-refractivity contribution in [1.82, 2.24) is 19.9 Å². The standard InChI is InChI=1S/C23H30N6O3S/c1-10-6-17-16(8-24-10)28-22(33-17)18-12(3)26-23(25-11(2)13-4-5-13)29-21(18)27-15-7-14(9-30)19(31)20(15)32/h6,8,11,13-15,19-20,30-32H,4-5,7,9H2,1-3H3,(H2,25,26,27,29)/t11-,14-,15?,19-,20+/m1/s1. The number of nitrogens with one attached hydrogen (secondary N) is 2. The highest BCUT2D eigenvalue weighted by Crippen LogP contribution is 2.39. The van der Waals surface area contributed by atoms with Crippen molar-refractivity contribution in [3.63, 3.8) is 0 Å². The van der Waals surface area contributed by atoms with E-state index in [1.54, 1.807) is 17.5 Å². The summed E-state index contributed by atoms with van der Waals surface area (Å²) in [7, 11) is 0. The van der Waals surface area contributed by atoms with Gasteiger partial charge in [0.05, 0.1) is 34.3 Å². The van der Waals surface area contributed by atoms with Crippen molar-refractivity contribution in [2.75, 3.05) is 17.2 Å². The minimum Gasteiger partial charge on any atom is -0.396 e. The fraction of sp³-hybridized carbons (Fsp3) is 0.565. The Morgan fingerprint density at radius 3 is 2.64 bits per heavy atom. The lowest BCUT2D eigenvalue weighted by molar-refractivity contribution is 0.00446. The van der Waals surface area contributed by atoms with Crippen molar-refractivity contribution < 1.29 is 15.3 Å². The van der Waals surface area contributed by atoms with Crippen molar-refractivity contribution in [2.45, 2.75) is 64.3 Å². The number of hydrogen-bond acceptors (Lipinski definition) is 10. The summed E-state index contributed by atoms with van der Waals surface area (Å²) in [5.74, 6) is 1.35. The number of aliphatic hydroxyl groups is 3. The molecular formula is C23H30N6O3S. The Morgan fingerprint density at radius 2 is 1.94 bits per heavy atom. The third-order valence-corrected chi connectivity index (χ3v) is 7.80. The highest BCUT2D eigenvalue weighted by Gasteiger charge is 2.41. The summed E-state index contributed by atoms with van der Waals surface area (Å²) >= 11 is 1.55. The predicted octanol–water partition coefficient (Wildman–Crippen LogP) is 2.49. The van der Waals surface area contributed by atoms with E-state index in [0.717, 1.165) is 32.2 Å². The molecule has 10 heteroatoms. The normalized spacial score (nSPS) is 26.0. The van der Waals surface area contributed by atoms with Crippen LogP contribution in [0.5, 0.6) is 0 Å². The molecule has 5 N–H and O–H groups in total. The fourth-order valence-electron chi connectivity index (χ4n) is 4.58. The molecule has 0 aromatic carbocycles. The molecule has 2 fully saturated rings. The summed E-state index contributed by atoms with van der Waals surface area (Å²) in [5, 5.41) is 38.0. The van der Waals surface area contributed by atoms with E-state index in [1.165, 1.54) is 12.8 Å². The first-order valence-corrected chi connectivity index (χ1v) is 12.3. The van der Waals surface area contributed by atoms with Gasteiger partial charge in [-0.15, -0.1) is 11.3 Å². The molecule has 0 spiro atoms. The van der Waals surface area contributed by atoms with E-state index in [2.05, 4.69) is 22.5 Å². The molecule has 0 bridgehead atoms. The number of pyridine rings is 1. The van der Waals surface area contributed by atoms with Gasteiger partial charge in [0.1, 0.15) is 22.4 Å². The van der Waals surface area contributed by atoms with Crippen molar-refractivity contribution in [3.8, 4) is 10.6 Å². The zero-order valence-corrected chi connectivity index (χ0v) is 19.8. The second kappa shape index (κ2) is 8.75. The Morgan fingerprint density at radius 1 is 1.15 bits per heavy atom. The molecule has 5 atom stereocenters. The van der Waals surface area contributed by atoms with Gasteiger partial charge in [-0.1, -0.05) is 0 Å². The molecule has 0 aliphatic heterocycles. The van der Waals surface area contributed by atoms with Crippen LogP contribution in [0.25, 0.3) is 20.8 Å². The van der Waals surface area contributed by atoms with Crippen LogP contribution in [0.1, 0.15) is 37.6 Å². The van der Waals surface area contributed by atoms with Crippen LogP contribution in [0.2, 0.25) is 0 Å². The maximum atomic E-state index is 10.6. The topological polar surface area (TPSA) is 136 Å². The van der Waals surface area contributed by atoms with Gasteiger partial charge in [0.25, 0.3) is 0 Å². The monoisotopic (exact) mass is 470 g/mol. The van der Waals surface area contributed by atoms with Crippen LogP contribution in [0, 0.1) is 25.7 Å². The van der Waals surface area contributed by atoms with Gasteiger partial charge < -0.3 is 26.0 Å². The Hall–Kier alpha value is -2.40. The van der Waals surface area contributed by atoms with Gasteiger partial charge in [-0.05, 0) is 52.0 Å². The van der Waals surface area contributed by atoms with Gasteiger partial charge >= 0.3 is 0 Å². The molecule has 176 valence electrons. The van der Waals surface area contributed by atoms with Gasteiger partial charge in [0.15, 0.2) is 0 Å². The number of rotatable bonds is 7. The molecule has 0 saturated heterocycles. The number of fused-ring (bicyclic) bond motifs is 1.